The fourth-order valence-electron chi connectivity index (χ4n) is 4.35. The second kappa shape index (κ2) is 8.53. The third-order valence-electron chi connectivity index (χ3n) is 6.32. The SMILES string of the molecule is Cc1nc(-c2ccccn2)nc(N2CCN(CC3CCCCN3C)CC2)c1C. The number of aromatic nitrogens is 3. The molecule has 6 nitrogen and oxygen atoms in total. The quantitative estimate of drug-likeness (QED) is 0.813. The van der Waals surface area contributed by atoms with Gasteiger partial charge in [-0.15, -0.1) is 0 Å². The topological polar surface area (TPSA) is 48.4 Å². The smallest absolute Gasteiger partial charge is 0.180 e. The third kappa shape index (κ3) is 4.18. The van der Waals surface area contributed by atoms with E-state index < -0.39 is 0 Å². The molecule has 6 heteroatoms. The lowest BCUT2D eigenvalue weighted by atomic mass is 10.0. The van der Waals surface area contributed by atoms with Crippen LogP contribution < -0.4 is 4.90 Å². The zero-order valence-electron chi connectivity index (χ0n) is 17.4. The first-order valence-electron chi connectivity index (χ1n) is 10.6. The van der Waals surface area contributed by atoms with E-state index >= 15 is 0 Å². The second-order valence-corrected chi connectivity index (χ2v) is 8.21. The normalized spacial score (nSPS) is 21.8. The highest BCUT2D eigenvalue weighted by molar-refractivity contribution is 5.57. The minimum Gasteiger partial charge on any atom is -0.354 e. The first-order chi connectivity index (χ1) is 13.6. The summed E-state index contributed by atoms with van der Waals surface area (Å²) in [5, 5.41) is 0. The Morgan fingerprint density at radius 2 is 1.82 bits per heavy atom. The predicted molar refractivity (Wildman–Crippen MR) is 114 cm³/mol. The maximum Gasteiger partial charge on any atom is 0.180 e. The van der Waals surface area contributed by atoms with Crippen molar-refractivity contribution >= 4 is 5.82 Å². The van der Waals surface area contributed by atoms with Crippen molar-refractivity contribution in [2.45, 2.75) is 39.2 Å². The van der Waals surface area contributed by atoms with E-state index in [1.807, 2.05) is 18.2 Å². The van der Waals surface area contributed by atoms with Gasteiger partial charge in [0.2, 0.25) is 0 Å². The molecule has 0 aliphatic carbocycles. The van der Waals surface area contributed by atoms with Crippen LogP contribution in [0.4, 0.5) is 5.82 Å². The molecule has 28 heavy (non-hydrogen) atoms. The molecular formula is C22H32N6. The first-order valence-corrected chi connectivity index (χ1v) is 10.6. The van der Waals surface area contributed by atoms with Crippen molar-refractivity contribution in [3.05, 3.63) is 35.7 Å². The number of piperazine rings is 1. The van der Waals surface area contributed by atoms with Gasteiger partial charge in [-0.1, -0.05) is 12.5 Å². The zero-order chi connectivity index (χ0) is 19.5. The van der Waals surface area contributed by atoms with Crippen molar-refractivity contribution in [1.29, 1.82) is 0 Å². The molecule has 0 N–H and O–H groups in total. The Labute approximate surface area is 168 Å². The minimum atomic E-state index is 0.721. The van der Waals surface area contributed by atoms with E-state index in [-0.39, 0.29) is 0 Å². The number of aryl methyl sites for hydroxylation is 1. The van der Waals surface area contributed by atoms with Crippen LogP contribution >= 0.6 is 0 Å². The molecule has 150 valence electrons. The monoisotopic (exact) mass is 380 g/mol. The molecule has 2 saturated heterocycles. The highest BCUT2D eigenvalue weighted by Crippen LogP contribution is 2.25. The Morgan fingerprint density at radius 3 is 2.54 bits per heavy atom. The van der Waals surface area contributed by atoms with Gasteiger partial charge in [-0.2, -0.15) is 0 Å². The number of likely N-dealkylation sites (N-methyl/N-ethyl adjacent to an activating group) is 1. The van der Waals surface area contributed by atoms with Crippen LogP contribution in [0.1, 0.15) is 30.5 Å². The summed E-state index contributed by atoms with van der Waals surface area (Å²) in [6, 6.07) is 6.61. The number of likely N-dealkylation sites (tertiary alicyclic amines) is 1. The van der Waals surface area contributed by atoms with Gasteiger partial charge in [0.25, 0.3) is 0 Å². The highest BCUT2D eigenvalue weighted by atomic mass is 15.3. The van der Waals surface area contributed by atoms with Crippen molar-refractivity contribution in [2.75, 3.05) is 51.2 Å². The van der Waals surface area contributed by atoms with Crippen LogP contribution in [0.3, 0.4) is 0 Å². The van der Waals surface area contributed by atoms with E-state index in [0.717, 1.165) is 55.3 Å². The number of pyridine rings is 1. The second-order valence-electron chi connectivity index (χ2n) is 8.21. The zero-order valence-corrected chi connectivity index (χ0v) is 17.4. The molecule has 4 rings (SSSR count). The average Bonchev–Trinajstić information content (AvgIpc) is 2.73. The molecular weight excluding hydrogens is 348 g/mol. The molecule has 1 unspecified atom stereocenters. The molecule has 0 bridgehead atoms. The summed E-state index contributed by atoms with van der Waals surface area (Å²) in [5.74, 6) is 1.80. The Kier molecular flexibility index (Phi) is 5.87. The van der Waals surface area contributed by atoms with Crippen molar-refractivity contribution < 1.29 is 0 Å². The average molecular weight is 381 g/mol. The van der Waals surface area contributed by atoms with Gasteiger partial charge in [0, 0.05) is 56.2 Å². The maximum absolute atomic E-state index is 4.91. The van der Waals surface area contributed by atoms with Crippen LogP contribution in [0, 0.1) is 13.8 Å². The summed E-state index contributed by atoms with van der Waals surface area (Å²) in [4.78, 5) is 21.6. The van der Waals surface area contributed by atoms with E-state index in [1.54, 1.807) is 6.20 Å². The van der Waals surface area contributed by atoms with Crippen LogP contribution in [0.25, 0.3) is 11.5 Å². The molecule has 2 aromatic heterocycles. The van der Waals surface area contributed by atoms with E-state index in [9.17, 15) is 0 Å². The first kappa shape index (κ1) is 19.3. The third-order valence-corrected chi connectivity index (χ3v) is 6.32. The van der Waals surface area contributed by atoms with Gasteiger partial charge in [-0.3, -0.25) is 9.88 Å². The summed E-state index contributed by atoms with van der Waals surface area (Å²) in [6.07, 6.45) is 5.87. The van der Waals surface area contributed by atoms with Crippen LogP contribution in [0.5, 0.6) is 0 Å². The number of hydrogen-bond acceptors (Lipinski definition) is 6. The largest absolute Gasteiger partial charge is 0.354 e. The molecule has 0 aromatic carbocycles. The lowest BCUT2D eigenvalue weighted by molar-refractivity contribution is 0.124. The molecule has 2 aliphatic rings. The summed E-state index contributed by atoms with van der Waals surface area (Å²) < 4.78 is 0. The number of hydrogen-bond donors (Lipinski definition) is 0. The molecule has 4 heterocycles. The van der Waals surface area contributed by atoms with Gasteiger partial charge in [0.15, 0.2) is 5.82 Å². The highest BCUT2D eigenvalue weighted by Gasteiger charge is 2.26. The standard InChI is InChI=1S/C22H32N6/c1-17-18(2)24-21(20-9-4-6-10-23-20)25-22(17)28-14-12-27(13-15-28)16-19-8-5-7-11-26(19)3/h4,6,9-10,19H,5,7-8,11-16H2,1-3H3. The number of anilines is 1. The minimum absolute atomic E-state index is 0.721. The van der Waals surface area contributed by atoms with Crippen LogP contribution in [0.15, 0.2) is 24.4 Å². The van der Waals surface area contributed by atoms with Gasteiger partial charge >= 0.3 is 0 Å². The maximum atomic E-state index is 4.91. The summed E-state index contributed by atoms with van der Waals surface area (Å²) in [6.45, 7) is 10.9. The van der Waals surface area contributed by atoms with Crippen molar-refractivity contribution in [3.63, 3.8) is 0 Å². The fourth-order valence-corrected chi connectivity index (χ4v) is 4.35. The Morgan fingerprint density at radius 1 is 1.00 bits per heavy atom. The van der Waals surface area contributed by atoms with Crippen LogP contribution in [-0.4, -0.2) is 77.1 Å². The molecule has 2 aromatic rings. The molecule has 1 atom stereocenters. The van der Waals surface area contributed by atoms with Crippen LogP contribution in [0.2, 0.25) is 0 Å². The van der Waals surface area contributed by atoms with Crippen LogP contribution in [-0.2, 0) is 0 Å². The summed E-state index contributed by atoms with van der Waals surface area (Å²) >= 11 is 0. The van der Waals surface area contributed by atoms with E-state index in [4.69, 9.17) is 4.98 Å². The molecule has 0 radical (unpaired) electrons. The lowest BCUT2D eigenvalue weighted by Crippen LogP contribution is -2.52. The Hall–Kier alpha value is -2.05. The van der Waals surface area contributed by atoms with Gasteiger partial charge in [-0.25, -0.2) is 9.97 Å². The van der Waals surface area contributed by atoms with Crippen molar-refractivity contribution in [1.82, 2.24) is 24.8 Å². The molecule has 0 amide bonds. The van der Waals surface area contributed by atoms with Gasteiger partial charge in [-0.05, 0) is 52.4 Å². The Bertz CT molecular complexity index is 785. The molecule has 0 spiro atoms. The van der Waals surface area contributed by atoms with Crippen molar-refractivity contribution in [3.8, 4) is 11.5 Å². The van der Waals surface area contributed by atoms with E-state index in [1.165, 1.54) is 37.9 Å². The summed E-state index contributed by atoms with van der Waals surface area (Å²) in [7, 11) is 2.28. The van der Waals surface area contributed by atoms with Gasteiger partial charge in [0.05, 0.1) is 0 Å². The molecule has 0 saturated carbocycles. The number of piperidine rings is 1. The van der Waals surface area contributed by atoms with Crippen molar-refractivity contribution in [2.24, 2.45) is 0 Å². The number of rotatable bonds is 4. The summed E-state index contributed by atoms with van der Waals surface area (Å²) in [5.41, 5.74) is 3.06. The van der Waals surface area contributed by atoms with Gasteiger partial charge < -0.3 is 9.80 Å². The molecule has 2 aliphatic heterocycles. The lowest BCUT2D eigenvalue weighted by Gasteiger charge is -2.40. The number of nitrogens with zero attached hydrogens (tertiary/aromatic N) is 6. The Balaban J connectivity index is 1.45. The van der Waals surface area contributed by atoms with E-state index in [0.29, 0.717) is 0 Å². The predicted octanol–water partition coefficient (Wildman–Crippen LogP) is 2.76. The molecule has 2 fully saturated rings. The van der Waals surface area contributed by atoms with Gasteiger partial charge in [0.1, 0.15) is 11.5 Å². The van der Waals surface area contributed by atoms with E-state index in [2.05, 4.69) is 45.6 Å². The fraction of sp³-hybridized carbons (Fsp3) is 0.591.